The molecule has 1 unspecified atom stereocenters. The molecule has 0 aliphatic carbocycles. The van der Waals surface area contributed by atoms with Crippen LogP contribution in [-0.2, 0) is 5.41 Å². The van der Waals surface area contributed by atoms with Crippen LogP contribution in [0.4, 0.5) is 0 Å². The number of hydrogen-bond acceptors (Lipinski definition) is 4. The van der Waals surface area contributed by atoms with Crippen LogP contribution in [0.2, 0.25) is 0 Å². The largest absolute Gasteiger partial charge is 0.339 e. The van der Waals surface area contributed by atoms with Gasteiger partial charge in [0.15, 0.2) is 5.82 Å². The van der Waals surface area contributed by atoms with E-state index >= 15 is 0 Å². The minimum absolute atomic E-state index is 0.224. The highest BCUT2D eigenvalue weighted by molar-refractivity contribution is 5.03. The lowest BCUT2D eigenvalue weighted by Crippen LogP contribution is -2.28. The fourth-order valence-electron chi connectivity index (χ4n) is 0.980. The molecule has 1 heterocycles. The molecule has 0 bridgehead atoms. The summed E-state index contributed by atoms with van der Waals surface area (Å²) >= 11 is 0. The number of hydrogen-bond donors (Lipinski definition) is 1. The Bertz CT molecular complexity index is 293. The molecule has 1 atom stereocenters. The highest BCUT2D eigenvalue weighted by Crippen LogP contribution is 2.22. The normalized spacial score (nSPS) is 14.4. The van der Waals surface area contributed by atoms with Crippen LogP contribution in [0.5, 0.6) is 0 Å². The summed E-state index contributed by atoms with van der Waals surface area (Å²) < 4.78 is 5.20. The topological polar surface area (TPSA) is 64.9 Å². The van der Waals surface area contributed by atoms with E-state index in [0.717, 1.165) is 12.2 Å². The van der Waals surface area contributed by atoms with Crippen molar-refractivity contribution in [2.24, 2.45) is 5.73 Å². The molecule has 2 N–H and O–H groups in total. The smallest absolute Gasteiger partial charge is 0.233 e. The van der Waals surface area contributed by atoms with E-state index in [-0.39, 0.29) is 5.41 Å². The van der Waals surface area contributed by atoms with Crippen molar-refractivity contribution in [3.05, 3.63) is 11.7 Å². The zero-order valence-corrected chi connectivity index (χ0v) is 9.37. The third kappa shape index (κ3) is 2.12. The fraction of sp³-hybridized carbons (Fsp3) is 0.800. The zero-order valence-electron chi connectivity index (χ0n) is 9.37. The van der Waals surface area contributed by atoms with Gasteiger partial charge in [-0.3, -0.25) is 0 Å². The Kier molecular flexibility index (Phi) is 3.26. The summed E-state index contributed by atoms with van der Waals surface area (Å²) in [4.78, 5) is 4.37. The lowest BCUT2D eigenvalue weighted by atomic mass is 9.94. The van der Waals surface area contributed by atoms with Gasteiger partial charge in [-0.1, -0.05) is 19.0 Å². The first-order valence-electron chi connectivity index (χ1n) is 5.05. The van der Waals surface area contributed by atoms with E-state index < -0.39 is 0 Å². The summed E-state index contributed by atoms with van der Waals surface area (Å²) in [6.07, 6.45) is 1.02. The Morgan fingerprint density at radius 1 is 1.50 bits per heavy atom. The highest BCUT2D eigenvalue weighted by Gasteiger charge is 2.26. The average molecular weight is 197 g/mol. The van der Waals surface area contributed by atoms with Gasteiger partial charge >= 0.3 is 0 Å². The van der Waals surface area contributed by atoms with E-state index in [1.807, 2.05) is 13.8 Å². The molecular weight excluding hydrogens is 178 g/mol. The van der Waals surface area contributed by atoms with Crippen molar-refractivity contribution >= 4 is 0 Å². The van der Waals surface area contributed by atoms with E-state index in [0.29, 0.717) is 18.4 Å². The molecule has 14 heavy (non-hydrogen) atoms. The van der Waals surface area contributed by atoms with E-state index in [1.165, 1.54) is 0 Å². The Morgan fingerprint density at radius 3 is 2.64 bits per heavy atom. The second-order valence-corrected chi connectivity index (χ2v) is 4.36. The Labute approximate surface area is 84.9 Å². The lowest BCUT2D eigenvalue weighted by molar-refractivity contribution is 0.308. The molecule has 0 aliphatic heterocycles. The maximum atomic E-state index is 5.63. The van der Waals surface area contributed by atoms with Gasteiger partial charge < -0.3 is 10.3 Å². The lowest BCUT2D eigenvalue weighted by Gasteiger charge is -2.15. The van der Waals surface area contributed by atoms with Gasteiger partial charge in [-0.15, -0.1) is 0 Å². The van der Waals surface area contributed by atoms with Gasteiger partial charge in [0.25, 0.3) is 0 Å². The van der Waals surface area contributed by atoms with Crippen LogP contribution < -0.4 is 5.73 Å². The van der Waals surface area contributed by atoms with Gasteiger partial charge in [-0.05, 0) is 20.3 Å². The summed E-state index contributed by atoms with van der Waals surface area (Å²) in [7, 11) is 0. The molecule has 0 aliphatic rings. The molecule has 1 aromatic heterocycles. The number of rotatable bonds is 4. The Balaban J connectivity index is 2.88. The summed E-state index contributed by atoms with van der Waals surface area (Å²) in [5.41, 5.74) is 5.40. The fourth-order valence-corrected chi connectivity index (χ4v) is 0.980. The maximum Gasteiger partial charge on any atom is 0.233 e. The summed E-state index contributed by atoms with van der Waals surface area (Å²) in [5.74, 6) is 1.76. The minimum Gasteiger partial charge on any atom is -0.339 e. The molecule has 4 heteroatoms. The van der Waals surface area contributed by atoms with Gasteiger partial charge in [0.05, 0.1) is 5.41 Å². The van der Waals surface area contributed by atoms with Gasteiger partial charge in [-0.2, -0.15) is 4.98 Å². The van der Waals surface area contributed by atoms with Crippen LogP contribution in [0.15, 0.2) is 4.52 Å². The van der Waals surface area contributed by atoms with Crippen LogP contribution in [0, 0.1) is 0 Å². The minimum atomic E-state index is -0.224. The zero-order chi connectivity index (χ0) is 10.8. The van der Waals surface area contributed by atoms with Gasteiger partial charge in [0.2, 0.25) is 5.89 Å². The van der Waals surface area contributed by atoms with E-state index in [1.54, 1.807) is 0 Å². The second-order valence-electron chi connectivity index (χ2n) is 4.36. The van der Waals surface area contributed by atoms with Gasteiger partial charge in [0.1, 0.15) is 0 Å². The molecule has 0 saturated carbocycles. The van der Waals surface area contributed by atoms with Crippen molar-refractivity contribution in [3.8, 4) is 0 Å². The molecule has 1 aromatic rings. The van der Waals surface area contributed by atoms with Crippen LogP contribution in [-0.4, -0.2) is 16.7 Å². The molecule has 1 rings (SSSR count). The van der Waals surface area contributed by atoms with Crippen molar-refractivity contribution < 1.29 is 4.52 Å². The van der Waals surface area contributed by atoms with Crippen LogP contribution >= 0.6 is 0 Å². The maximum absolute atomic E-state index is 5.63. The van der Waals surface area contributed by atoms with E-state index in [4.69, 9.17) is 10.3 Å². The molecule has 0 radical (unpaired) electrons. The van der Waals surface area contributed by atoms with Crippen molar-refractivity contribution in [1.82, 2.24) is 10.1 Å². The molecular formula is C10H19N3O. The molecule has 0 amide bonds. The van der Waals surface area contributed by atoms with Crippen LogP contribution in [0.3, 0.4) is 0 Å². The second kappa shape index (κ2) is 4.09. The Hall–Kier alpha value is -0.900. The summed E-state index contributed by atoms with van der Waals surface area (Å²) in [6, 6.07) is 0. The van der Waals surface area contributed by atoms with Gasteiger partial charge in [-0.25, -0.2) is 0 Å². The predicted molar refractivity (Wildman–Crippen MR) is 55.1 cm³/mol. The third-order valence-corrected chi connectivity index (χ3v) is 2.58. The van der Waals surface area contributed by atoms with Crippen molar-refractivity contribution in [3.63, 3.8) is 0 Å². The van der Waals surface area contributed by atoms with Gasteiger partial charge in [0, 0.05) is 12.5 Å². The van der Waals surface area contributed by atoms with E-state index in [9.17, 15) is 0 Å². The number of nitrogens with zero attached hydrogens (tertiary/aromatic N) is 2. The van der Waals surface area contributed by atoms with Crippen molar-refractivity contribution in [1.29, 1.82) is 0 Å². The standard InChI is InChI=1S/C10H19N3O/c1-5-7(2)8-12-9(14-13-8)10(3,4)6-11/h7H,5-6,11H2,1-4H3. The van der Waals surface area contributed by atoms with Crippen LogP contribution in [0.25, 0.3) is 0 Å². The Morgan fingerprint density at radius 2 is 2.14 bits per heavy atom. The number of aromatic nitrogens is 2. The molecule has 0 saturated heterocycles. The summed E-state index contributed by atoms with van der Waals surface area (Å²) in [5, 5.41) is 3.96. The molecule has 80 valence electrons. The molecule has 0 spiro atoms. The molecule has 0 fully saturated rings. The first kappa shape index (κ1) is 11.2. The van der Waals surface area contributed by atoms with Crippen molar-refractivity contribution in [2.45, 2.75) is 45.4 Å². The predicted octanol–water partition coefficient (Wildman–Crippen LogP) is 1.82. The number of nitrogens with two attached hydrogens (primary N) is 1. The molecule has 4 nitrogen and oxygen atoms in total. The first-order valence-corrected chi connectivity index (χ1v) is 5.05. The third-order valence-electron chi connectivity index (χ3n) is 2.58. The molecule has 0 aromatic carbocycles. The van der Waals surface area contributed by atoms with E-state index in [2.05, 4.69) is 24.0 Å². The first-order chi connectivity index (χ1) is 6.51. The van der Waals surface area contributed by atoms with Crippen molar-refractivity contribution in [2.75, 3.05) is 6.54 Å². The van der Waals surface area contributed by atoms with Crippen LogP contribution in [0.1, 0.15) is 51.7 Å². The average Bonchev–Trinajstić information content (AvgIpc) is 2.66. The monoisotopic (exact) mass is 197 g/mol. The SMILES string of the molecule is CCC(C)c1noc(C(C)(C)CN)n1. The quantitative estimate of drug-likeness (QED) is 0.799. The highest BCUT2D eigenvalue weighted by atomic mass is 16.5. The summed E-state index contributed by atoms with van der Waals surface area (Å²) in [6.45, 7) is 8.70.